The predicted molar refractivity (Wildman–Crippen MR) is 326 cm³/mol. The van der Waals surface area contributed by atoms with Gasteiger partial charge in [0.15, 0.2) is 6.10 Å². The monoisotopic (exact) mass is 1050 g/mol. The molecule has 0 saturated heterocycles. The van der Waals surface area contributed by atoms with Crippen LogP contribution in [0.5, 0.6) is 0 Å². The second-order valence-corrected chi connectivity index (χ2v) is 23.1. The predicted octanol–water partition coefficient (Wildman–Crippen LogP) is 23.0. The Morgan fingerprint density at radius 1 is 0.253 bits per heavy atom. The van der Waals surface area contributed by atoms with Gasteiger partial charge in [-0.2, -0.15) is 0 Å². The first kappa shape index (κ1) is 72.9. The van der Waals surface area contributed by atoms with Gasteiger partial charge in [0.2, 0.25) is 0 Å². The van der Waals surface area contributed by atoms with Crippen molar-refractivity contribution < 1.29 is 28.6 Å². The van der Waals surface area contributed by atoms with E-state index >= 15 is 0 Å². The average molecular weight is 1060 g/mol. The van der Waals surface area contributed by atoms with Gasteiger partial charge in [-0.05, 0) is 64.2 Å². The number of ether oxygens (including phenoxy) is 3. The Balaban J connectivity index is 4.16. The van der Waals surface area contributed by atoms with E-state index in [4.69, 9.17) is 14.2 Å². The summed E-state index contributed by atoms with van der Waals surface area (Å²) in [5, 5.41) is 0. The zero-order chi connectivity index (χ0) is 54.3. The number of carbonyl (C=O) groups is 3. The normalized spacial score (nSPS) is 12.1. The molecule has 442 valence electrons. The van der Waals surface area contributed by atoms with Crippen molar-refractivity contribution in [2.75, 3.05) is 13.2 Å². The van der Waals surface area contributed by atoms with Gasteiger partial charge in [-0.1, -0.05) is 321 Å². The molecule has 0 aromatic carbocycles. The van der Waals surface area contributed by atoms with E-state index in [-0.39, 0.29) is 31.1 Å². The van der Waals surface area contributed by atoms with Crippen LogP contribution in [0.15, 0.2) is 24.3 Å². The lowest BCUT2D eigenvalue weighted by Gasteiger charge is -2.18. The number of hydrogen-bond donors (Lipinski definition) is 0. The molecule has 0 aliphatic heterocycles. The van der Waals surface area contributed by atoms with Crippen molar-refractivity contribution in [3.05, 3.63) is 24.3 Å². The van der Waals surface area contributed by atoms with Gasteiger partial charge in [0.1, 0.15) is 13.2 Å². The molecule has 0 aliphatic rings. The van der Waals surface area contributed by atoms with Gasteiger partial charge in [-0.15, -0.1) is 0 Å². The van der Waals surface area contributed by atoms with Crippen molar-refractivity contribution >= 4 is 17.9 Å². The highest BCUT2D eigenvalue weighted by molar-refractivity contribution is 5.71. The Hall–Kier alpha value is -2.11. The van der Waals surface area contributed by atoms with Gasteiger partial charge < -0.3 is 14.2 Å². The minimum atomic E-state index is -0.772. The molecule has 0 spiro atoms. The molecule has 0 aromatic rings. The van der Waals surface area contributed by atoms with Gasteiger partial charge in [-0.3, -0.25) is 14.4 Å². The SMILES string of the molecule is CCC/C=C\CCCCCCCC(=O)OCC(COC(=O)CCCCCCCCCCCCCCCCCCCCCCCCCC)OC(=O)CCCCCCCCCCCCC/C=C\CCCCCCCCCC. The lowest BCUT2D eigenvalue weighted by atomic mass is 10.0. The van der Waals surface area contributed by atoms with Crippen LogP contribution in [0.1, 0.15) is 380 Å². The van der Waals surface area contributed by atoms with Gasteiger partial charge in [0, 0.05) is 19.3 Å². The lowest BCUT2D eigenvalue weighted by Crippen LogP contribution is -2.30. The lowest BCUT2D eigenvalue weighted by molar-refractivity contribution is -0.167. The molecule has 0 fully saturated rings. The quantitative estimate of drug-likeness (QED) is 0.0261. The van der Waals surface area contributed by atoms with E-state index in [1.807, 2.05) is 0 Å². The maximum Gasteiger partial charge on any atom is 0.306 e. The van der Waals surface area contributed by atoms with E-state index in [0.29, 0.717) is 19.3 Å². The minimum Gasteiger partial charge on any atom is -0.462 e. The second-order valence-electron chi connectivity index (χ2n) is 23.1. The van der Waals surface area contributed by atoms with Crippen LogP contribution in [0.2, 0.25) is 0 Å². The third-order valence-corrected chi connectivity index (χ3v) is 15.4. The molecular formula is C69H130O6. The standard InChI is InChI=1S/C69H130O6/c1-4-7-10-13-16-19-22-24-26-28-30-32-34-36-37-39-41-43-45-47-50-53-56-59-62-68(71)74-65-66(64-73-67(70)61-58-55-52-49-21-18-15-12-9-6-3)75-69(72)63-60-57-54-51-48-46-44-42-40-38-35-33-31-29-27-25-23-20-17-14-11-8-5-2/h12,15,29,31,66H,4-11,13-14,16-28,30,32-65H2,1-3H3/b15-12-,31-29-. The molecule has 0 rings (SSSR count). The molecule has 0 radical (unpaired) electrons. The third-order valence-electron chi connectivity index (χ3n) is 15.4. The van der Waals surface area contributed by atoms with Crippen molar-refractivity contribution in [3.63, 3.8) is 0 Å². The maximum absolute atomic E-state index is 12.9. The zero-order valence-corrected chi connectivity index (χ0v) is 50.8. The smallest absolute Gasteiger partial charge is 0.306 e. The highest BCUT2D eigenvalue weighted by Gasteiger charge is 2.19. The Bertz CT molecular complexity index is 1210. The molecule has 0 N–H and O–H groups in total. The van der Waals surface area contributed by atoms with Crippen molar-refractivity contribution in [3.8, 4) is 0 Å². The summed E-state index contributed by atoms with van der Waals surface area (Å²) in [4.78, 5) is 38.3. The van der Waals surface area contributed by atoms with Crippen molar-refractivity contribution in [1.82, 2.24) is 0 Å². The van der Waals surface area contributed by atoms with E-state index in [1.54, 1.807) is 0 Å². The van der Waals surface area contributed by atoms with E-state index in [2.05, 4.69) is 45.1 Å². The summed E-state index contributed by atoms with van der Waals surface area (Å²) in [6.45, 7) is 6.64. The largest absolute Gasteiger partial charge is 0.462 e. The molecule has 0 bridgehead atoms. The van der Waals surface area contributed by atoms with E-state index in [9.17, 15) is 14.4 Å². The van der Waals surface area contributed by atoms with Crippen LogP contribution in [0, 0.1) is 0 Å². The molecular weight excluding hydrogens is 925 g/mol. The molecule has 0 saturated carbocycles. The summed E-state index contributed by atoms with van der Waals surface area (Å²) in [7, 11) is 0. The van der Waals surface area contributed by atoms with Gasteiger partial charge in [0.05, 0.1) is 0 Å². The van der Waals surface area contributed by atoms with Crippen molar-refractivity contribution in [2.24, 2.45) is 0 Å². The molecule has 1 atom stereocenters. The minimum absolute atomic E-state index is 0.0690. The summed E-state index contributed by atoms with van der Waals surface area (Å²) in [6.07, 6.45) is 77.9. The van der Waals surface area contributed by atoms with Gasteiger partial charge in [-0.25, -0.2) is 0 Å². The average Bonchev–Trinajstić information content (AvgIpc) is 3.41. The molecule has 0 aliphatic carbocycles. The topological polar surface area (TPSA) is 78.9 Å². The van der Waals surface area contributed by atoms with Crippen LogP contribution < -0.4 is 0 Å². The molecule has 0 amide bonds. The maximum atomic E-state index is 12.9. The first-order valence-electron chi connectivity index (χ1n) is 33.8. The zero-order valence-electron chi connectivity index (χ0n) is 50.8. The molecule has 75 heavy (non-hydrogen) atoms. The number of esters is 3. The fourth-order valence-corrected chi connectivity index (χ4v) is 10.3. The van der Waals surface area contributed by atoms with Crippen LogP contribution >= 0.6 is 0 Å². The number of allylic oxidation sites excluding steroid dienone is 4. The van der Waals surface area contributed by atoms with Crippen LogP contribution in [0.4, 0.5) is 0 Å². The van der Waals surface area contributed by atoms with E-state index in [1.165, 1.54) is 270 Å². The van der Waals surface area contributed by atoms with Gasteiger partial charge >= 0.3 is 17.9 Å². The van der Waals surface area contributed by atoms with Crippen LogP contribution in [-0.2, 0) is 28.6 Å². The summed E-state index contributed by atoms with van der Waals surface area (Å²) in [5.41, 5.74) is 0. The fraction of sp³-hybridized carbons (Fsp3) is 0.899. The first-order chi connectivity index (χ1) is 37.0. The summed E-state index contributed by atoms with van der Waals surface area (Å²) < 4.78 is 16.9. The Morgan fingerprint density at radius 2 is 0.467 bits per heavy atom. The summed E-state index contributed by atoms with van der Waals surface area (Å²) >= 11 is 0. The first-order valence-corrected chi connectivity index (χ1v) is 33.8. The van der Waals surface area contributed by atoms with Gasteiger partial charge in [0.25, 0.3) is 0 Å². The molecule has 6 heteroatoms. The molecule has 1 unspecified atom stereocenters. The number of hydrogen-bond acceptors (Lipinski definition) is 6. The summed E-state index contributed by atoms with van der Waals surface area (Å²) in [5.74, 6) is -0.854. The highest BCUT2D eigenvalue weighted by atomic mass is 16.6. The number of carbonyl (C=O) groups excluding carboxylic acids is 3. The fourth-order valence-electron chi connectivity index (χ4n) is 10.3. The Morgan fingerprint density at radius 3 is 0.720 bits per heavy atom. The van der Waals surface area contributed by atoms with Crippen LogP contribution in [0.25, 0.3) is 0 Å². The summed E-state index contributed by atoms with van der Waals surface area (Å²) in [6, 6.07) is 0. The van der Waals surface area contributed by atoms with Crippen molar-refractivity contribution in [2.45, 2.75) is 386 Å². The molecule has 0 heterocycles. The van der Waals surface area contributed by atoms with Crippen LogP contribution in [0.3, 0.4) is 0 Å². The second kappa shape index (κ2) is 64.4. The highest BCUT2D eigenvalue weighted by Crippen LogP contribution is 2.18. The molecule has 0 aromatic heterocycles. The van der Waals surface area contributed by atoms with Crippen LogP contribution in [-0.4, -0.2) is 37.2 Å². The number of unbranched alkanes of at least 4 members (excludes halogenated alkanes) is 48. The van der Waals surface area contributed by atoms with E-state index < -0.39 is 6.10 Å². The van der Waals surface area contributed by atoms with Crippen molar-refractivity contribution in [1.29, 1.82) is 0 Å². The Kier molecular flexibility index (Phi) is 62.6. The third kappa shape index (κ3) is 62.6. The Labute approximate surface area is 468 Å². The number of rotatable bonds is 63. The molecule has 6 nitrogen and oxygen atoms in total. The van der Waals surface area contributed by atoms with E-state index in [0.717, 1.165) is 70.6 Å².